The van der Waals surface area contributed by atoms with E-state index in [1.165, 1.54) is 0 Å². The molecule has 17 heavy (non-hydrogen) atoms. The summed E-state index contributed by atoms with van der Waals surface area (Å²) in [4.78, 5) is 11.9. The fourth-order valence-corrected chi connectivity index (χ4v) is 1.80. The Hall–Kier alpha value is -1.02. The van der Waals surface area contributed by atoms with Crippen LogP contribution in [0.3, 0.4) is 0 Å². The van der Waals surface area contributed by atoms with Crippen molar-refractivity contribution in [1.82, 2.24) is 5.32 Å². The molecule has 0 bridgehead atoms. The third-order valence-electron chi connectivity index (χ3n) is 2.83. The number of hydrogen-bond donors (Lipinski definition) is 1. The molecule has 0 aliphatic carbocycles. The van der Waals surface area contributed by atoms with E-state index in [0.29, 0.717) is 6.54 Å². The molecular weight excluding hydrogens is 234 g/mol. The summed E-state index contributed by atoms with van der Waals surface area (Å²) in [6.07, 6.45) is 2.62. The number of nitrogens with one attached hydrogen (secondary N) is 1. The van der Waals surface area contributed by atoms with Gasteiger partial charge in [-0.05, 0) is 30.9 Å². The van der Waals surface area contributed by atoms with Crippen LogP contribution in [0.2, 0.25) is 0 Å². The normalized spacial score (nSPS) is 12.2. The van der Waals surface area contributed by atoms with Gasteiger partial charge in [-0.25, -0.2) is 0 Å². The van der Waals surface area contributed by atoms with E-state index in [9.17, 15) is 4.79 Å². The predicted molar refractivity (Wildman–Crippen MR) is 72.7 cm³/mol. The van der Waals surface area contributed by atoms with Crippen LogP contribution in [-0.2, 0) is 6.42 Å². The quantitative estimate of drug-likeness (QED) is 0.774. The molecule has 1 aromatic carbocycles. The van der Waals surface area contributed by atoms with Crippen LogP contribution in [0, 0.1) is 0 Å². The van der Waals surface area contributed by atoms with E-state index in [0.717, 1.165) is 30.4 Å². The Morgan fingerprint density at radius 3 is 2.71 bits per heavy atom. The van der Waals surface area contributed by atoms with Crippen molar-refractivity contribution in [3.05, 3.63) is 35.4 Å². The molecule has 3 heteroatoms. The Kier molecular flexibility index (Phi) is 6.06. The van der Waals surface area contributed by atoms with Gasteiger partial charge in [0.25, 0.3) is 5.91 Å². The molecular formula is C14H20ClNO. The molecule has 94 valence electrons. The lowest BCUT2D eigenvalue weighted by Gasteiger charge is -2.10. The first-order valence-corrected chi connectivity index (χ1v) is 6.62. The lowest BCUT2D eigenvalue weighted by atomic mass is 10.0. The van der Waals surface area contributed by atoms with E-state index in [1.54, 1.807) is 0 Å². The van der Waals surface area contributed by atoms with Gasteiger partial charge in [-0.1, -0.05) is 32.0 Å². The summed E-state index contributed by atoms with van der Waals surface area (Å²) < 4.78 is 0. The zero-order chi connectivity index (χ0) is 12.7. The molecule has 1 rings (SSSR count). The molecule has 0 fully saturated rings. The highest BCUT2D eigenvalue weighted by molar-refractivity contribution is 6.20. The lowest BCUT2D eigenvalue weighted by Crippen LogP contribution is -2.26. The molecule has 1 unspecified atom stereocenters. The summed E-state index contributed by atoms with van der Waals surface area (Å²) in [6, 6.07) is 7.71. The zero-order valence-electron chi connectivity index (χ0n) is 10.5. The second-order valence-electron chi connectivity index (χ2n) is 4.06. The Balaban J connectivity index is 2.52. The Morgan fingerprint density at radius 2 is 2.06 bits per heavy atom. The lowest BCUT2D eigenvalue weighted by molar-refractivity contribution is 0.0952. The maximum atomic E-state index is 11.9. The third-order valence-corrected chi connectivity index (χ3v) is 3.36. The maximum absolute atomic E-state index is 11.9. The van der Waals surface area contributed by atoms with Crippen LogP contribution in [0.25, 0.3) is 0 Å². The van der Waals surface area contributed by atoms with Gasteiger partial charge in [-0.3, -0.25) is 4.79 Å². The number of rotatable bonds is 6. The maximum Gasteiger partial charge on any atom is 0.251 e. The van der Waals surface area contributed by atoms with Crippen molar-refractivity contribution in [3.8, 4) is 0 Å². The van der Waals surface area contributed by atoms with Crippen molar-refractivity contribution in [1.29, 1.82) is 0 Å². The molecule has 1 aromatic rings. The molecule has 0 spiro atoms. The second kappa shape index (κ2) is 7.33. The molecule has 2 nitrogen and oxygen atoms in total. The van der Waals surface area contributed by atoms with Crippen LogP contribution in [0.5, 0.6) is 0 Å². The Labute approximate surface area is 108 Å². The van der Waals surface area contributed by atoms with Gasteiger partial charge in [0.1, 0.15) is 0 Å². The molecule has 0 saturated carbocycles. The molecule has 1 amide bonds. The molecule has 0 aromatic heterocycles. The van der Waals surface area contributed by atoms with Crippen LogP contribution in [0.4, 0.5) is 0 Å². The van der Waals surface area contributed by atoms with Gasteiger partial charge in [0.2, 0.25) is 0 Å². The van der Waals surface area contributed by atoms with Crippen molar-refractivity contribution < 1.29 is 4.79 Å². The number of hydrogen-bond acceptors (Lipinski definition) is 1. The summed E-state index contributed by atoms with van der Waals surface area (Å²) in [5.41, 5.74) is 1.86. The number of aryl methyl sites for hydroxylation is 1. The molecule has 1 N–H and O–H groups in total. The van der Waals surface area contributed by atoms with E-state index < -0.39 is 0 Å². The minimum atomic E-state index is 0.00224. The van der Waals surface area contributed by atoms with Crippen LogP contribution < -0.4 is 5.32 Å². The van der Waals surface area contributed by atoms with Crippen LogP contribution in [0.15, 0.2) is 24.3 Å². The fraction of sp³-hybridized carbons (Fsp3) is 0.500. The first-order valence-electron chi connectivity index (χ1n) is 6.19. The van der Waals surface area contributed by atoms with Gasteiger partial charge in [-0.2, -0.15) is 0 Å². The largest absolute Gasteiger partial charge is 0.352 e. The van der Waals surface area contributed by atoms with E-state index >= 15 is 0 Å². The number of carbonyl (C=O) groups is 1. The Morgan fingerprint density at radius 1 is 1.35 bits per heavy atom. The second-order valence-corrected chi connectivity index (χ2v) is 4.68. The van der Waals surface area contributed by atoms with Crippen molar-refractivity contribution in [2.75, 3.05) is 6.54 Å². The zero-order valence-corrected chi connectivity index (χ0v) is 11.3. The average Bonchev–Trinajstić information content (AvgIpc) is 2.38. The highest BCUT2D eigenvalue weighted by Gasteiger charge is 2.09. The number of alkyl halides is 1. The fourth-order valence-electron chi connectivity index (χ4n) is 1.69. The van der Waals surface area contributed by atoms with E-state index in [1.807, 2.05) is 31.2 Å². The highest BCUT2D eigenvalue weighted by Crippen LogP contribution is 2.10. The number of halogens is 1. The summed E-state index contributed by atoms with van der Waals surface area (Å²) in [5, 5.41) is 3.07. The van der Waals surface area contributed by atoms with E-state index in [2.05, 4.69) is 12.2 Å². The van der Waals surface area contributed by atoms with Crippen molar-refractivity contribution >= 4 is 17.5 Å². The molecule has 0 heterocycles. The van der Waals surface area contributed by atoms with Crippen molar-refractivity contribution in [2.24, 2.45) is 0 Å². The van der Waals surface area contributed by atoms with Crippen LogP contribution in [0.1, 0.15) is 42.6 Å². The highest BCUT2D eigenvalue weighted by atomic mass is 35.5. The van der Waals surface area contributed by atoms with Gasteiger partial charge in [0.05, 0.1) is 0 Å². The van der Waals surface area contributed by atoms with Gasteiger partial charge < -0.3 is 5.32 Å². The summed E-state index contributed by atoms with van der Waals surface area (Å²) in [7, 11) is 0. The van der Waals surface area contributed by atoms with Gasteiger partial charge in [0, 0.05) is 17.5 Å². The number of benzene rings is 1. The minimum Gasteiger partial charge on any atom is -0.352 e. The number of carbonyl (C=O) groups excluding carboxylic acids is 1. The van der Waals surface area contributed by atoms with Gasteiger partial charge >= 0.3 is 0 Å². The number of amides is 1. The third kappa shape index (κ3) is 4.39. The topological polar surface area (TPSA) is 29.1 Å². The monoisotopic (exact) mass is 253 g/mol. The van der Waals surface area contributed by atoms with Gasteiger partial charge in [-0.15, -0.1) is 11.6 Å². The minimum absolute atomic E-state index is 0.00224. The molecule has 0 aliphatic heterocycles. The van der Waals surface area contributed by atoms with Gasteiger partial charge in [0.15, 0.2) is 0 Å². The van der Waals surface area contributed by atoms with Crippen LogP contribution >= 0.6 is 11.6 Å². The first kappa shape index (κ1) is 14.0. The average molecular weight is 254 g/mol. The molecule has 0 radical (unpaired) electrons. The molecule has 1 atom stereocenters. The van der Waals surface area contributed by atoms with Crippen molar-refractivity contribution in [3.63, 3.8) is 0 Å². The van der Waals surface area contributed by atoms with Crippen molar-refractivity contribution in [2.45, 2.75) is 38.5 Å². The summed E-state index contributed by atoms with van der Waals surface area (Å²) in [5.74, 6) is 0.00224. The first-order chi connectivity index (χ1) is 8.19. The SMILES string of the molecule is CCc1ccccc1C(=O)NCCC(Cl)CC. The smallest absolute Gasteiger partial charge is 0.251 e. The van der Waals surface area contributed by atoms with E-state index in [-0.39, 0.29) is 11.3 Å². The summed E-state index contributed by atoms with van der Waals surface area (Å²) in [6.45, 7) is 4.74. The molecule has 0 saturated heterocycles. The van der Waals surface area contributed by atoms with Crippen LogP contribution in [-0.4, -0.2) is 17.8 Å². The predicted octanol–water partition coefficient (Wildman–Crippen LogP) is 3.39. The Bertz CT molecular complexity index is 365. The standard InChI is InChI=1S/C14H20ClNO/c1-3-11-7-5-6-8-13(11)14(17)16-10-9-12(15)4-2/h5-8,12H,3-4,9-10H2,1-2H3,(H,16,17). The molecule has 0 aliphatic rings. The summed E-state index contributed by atoms with van der Waals surface area (Å²) >= 11 is 6.00. The van der Waals surface area contributed by atoms with E-state index in [4.69, 9.17) is 11.6 Å².